The van der Waals surface area contributed by atoms with Crippen molar-refractivity contribution in [2.45, 2.75) is 38.0 Å². The molecule has 3 aromatic rings. The van der Waals surface area contributed by atoms with Gasteiger partial charge < -0.3 is 11.1 Å². The normalized spacial score (nSPS) is 15.6. The van der Waals surface area contributed by atoms with E-state index in [9.17, 15) is 22.8 Å². The highest BCUT2D eigenvalue weighted by Crippen LogP contribution is 2.64. The first kappa shape index (κ1) is 28.1. The topological polar surface area (TPSA) is 75.4 Å². The Hall–Kier alpha value is -3.91. The number of rotatable bonds is 11. The van der Waals surface area contributed by atoms with Gasteiger partial charge in [-0.25, -0.2) is 0 Å². The van der Waals surface area contributed by atoms with Crippen LogP contribution in [0, 0.1) is 5.41 Å². The van der Waals surface area contributed by atoms with Gasteiger partial charge in [0, 0.05) is 30.8 Å². The van der Waals surface area contributed by atoms with Gasteiger partial charge in [-0.15, -0.1) is 0 Å². The number of carbonyl (C=O) groups is 2. The average Bonchev–Trinajstić information content (AvgIpc) is 3.73. The molecule has 3 N–H and O–H groups in total. The van der Waals surface area contributed by atoms with Crippen molar-refractivity contribution in [1.82, 2.24) is 10.2 Å². The van der Waals surface area contributed by atoms with E-state index in [4.69, 9.17) is 5.73 Å². The van der Waals surface area contributed by atoms with Crippen LogP contribution in [0.1, 0.15) is 39.9 Å². The number of carbonyl (C=O) groups excluding carboxylic acids is 2. The molecule has 1 aliphatic carbocycles. The molecule has 39 heavy (non-hydrogen) atoms. The third kappa shape index (κ3) is 6.95. The molecule has 1 aliphatic rings. The van der Waals surface area contributed by atoms with E-state index in [0.717, 1.165) is 17.2 Å². The second kappa shape index (κ2) is 11.9. The summed E-state index contributed by atoms with van der Waals surface area (Å²) in [6, 6.07) is 24.9. The van der Waals surface area contributed by atoms with Crippen molar-refractivity contribution >= 4 is 17.4 Å². The van der Waals surface area contributed by atoms with Gasteiger partial charge in [-0.05, 0) is 60.7 Å². The number of nitrogens with two attached hydrogens (primary N) is 1. The quantitative estimate of drug-likeness (QED) is 0.324. The highest BCUT2D eigenvalue weighted by Gasteiger charge is 2.65. The van der Waals surface area contributed by atoms with Crippen molar-refractivity contribution in [3.05, 3.63) is 113 Å². The SMILES string of the molecule is CN(Cc1ccccc1)[C@H](CNC(=O)/C=C(/c1ccccc1)C1(C(F)(F)F)CC1)Cc1ccc(C(N)=O)cc1. The molecule has 0 bridgehead atoms. The van der Waals surface area contributed by atoms with E-state index in [2.05, 4.69) is 10.2 Å². The summed E-state index contributed by atoms with van der Waals surface area (Å²) in [5, 5.41) is 2.85. The molecule has 5 nitrogen and oxygen atoms in total. The Kier molecular flexibility index (Phi) is 8.55. The van der Waals surface area contributed by atoms with Gasteiger partial charge in [0.1, 0.15) is 0 Å². The van der Waals surface area contributed by atoms with Gasteiger partial charge in [0.25, 0.3) is 0 Å². The molecule has 204 valence electrons. The second-order valence-electron chi connectivity index (χ2n) is 10.1. The number of halogens is 3. The Morgan fingerprint density at radius 2 is 1.51 bits per heavy atom. The maximum Gasteiger partial charge on any atom is 0.398 e. The van der Waals surface area contributed by atoms with Gasteiger partial charge in [0.2, 0.25) is 11.8 Å². The smallest absolute Gasteiger partial charge is 0.366 e. The number of nitrogens with one attached hydrogen (secondary N) is 1. The lowest BCUT2D eigenvalue weighted by atomic mass is 9.88. The van der Waals surface area contributed by atoms with Gasteiger partial charge >= 0.3 is 6.18 Å². The Labute approximate surface area is 226 Å². The lowest BCUT2D eigenvalue weighted by Crippen LogP contribution is -2.43. The highest BCUT2D eigenvalue weighted by atomic mass is 19.4. The van der Waals surface area contributed by atoms with Gasteiger partial charge in [0.05, 0.1) is 5.41 Å². The van der Waals surface area contributed by atoms with Crippen molar-refractivity contribution < 1.29 is 22.8 Å². The third-order valence-electron chi connectivity index (χ3n) is 7.29. The predicted molar refractivity (Wildman–Crippen MR) is 146 cm³/mol. The first-order chi connectivity index (χ1) is 18.6. The summed E-state index contributed by atoms with van der Waals surface area (Å²) in [6.07, 6.45) is -2.84. The summed E-state index contributed by atoms with van der Waals surface area (Å²) >= 11 is 0. The number of benzene rings is 3. The average molecular weight is 536 g/mol. The molecule has 8 heteroatoms. The van der Waals surface area contributed by atoms with Crippen LogP contribution in [0.5, 0.6) is 0 Å². The van der Waals surface area contributed by atoms with Crippen LogP contribution in [-0.4, -0.2) is 42.5 Å². The fourth-order valence-corrected chi connectivity index (χ4v) is 4.81. The van der Waals surface area contributed by atoms with Crippen molar-refractivity contribution in [3.63, 3.8) is 0 Å². The maximum absolute atomic E-state index is 14.0. The third-order valence-corrected chi connectivity index (χ3v) is 7.29. The molecule has 0 spiro atoms. The summed E-state index contributed by atoms with van der Waals surface area (Å²) in [7, 11) is 1.94. The number of likely N-dealkylation sites (N-methyl/N-ethyl adjacent to an activating group) is 1. The highest BCUT2D eigenvalue weighted by molar-refractivity contribution is 5.97. The molecular formula is C31H32F3N3O2. The van der Waals surface area contributed by atoms with Crippen LogP contribution < -0.4 is 11.1 Å². The number of primary amides is 1. The fraction of sp³-hybridized carbons (Fsp3) is 0.290. The zero-order valence-electron chi connectivity index (χ0n) is 21.7. The molecule has 1 atom stereocenters. The fourth-order valence-electron chi connectivity index (χ4n) is 4.81. The van der Waals surface area contributed by atoms with E-state index >= 15 is 0 Å². The second-order valence-corrected chi connectivity index (χ2v) is 10.1. The molecule has 0 aromatic heterocycles. The number of hydrogen-bond acceptors (Lipinski definition) is 3. The van der Waals surface area contributed by atoms with E-state index in [-0.39, 0.29) is 31.0 Å². The number of hydrogen-bond donors (Lipinski definition) is 2. The van der Waals surface area contributed by atoms with Gasteiger partial charge in [0.15, 0.2) is 0 Å². The number of alkyl halides is 3. The minimum absolute atomic E-state index is 0.00401. The molecule has 0 unspecified atom stereocenters. The minimum Gasteiger partial charge on any atom is -0.366 e. The molecule has 0 radical (unpaired) electrons. The number of amides is 2. The Bertz CT molecular complexity index is 1300. The molecule has 2 amide bonds. The Morgan fingerprint density at radius 1 is 0.923 bits per heavy atom. The molecule has 0 heterocycles. The van der Waals surface area contributed by atoms with Crippen LogP contribution in [0.2, 0.25) is 0 Å². The van der Waals surface area contributed by atoms with E-state index < -0.39 is 23.4 Å². The molecule has 4 rings (SSSR count). The van der Waals surface area contributed by atoms with Crippen molar-refractivity contribution in [2.75, 3.05) is 13.6 Å². The summed E-state index contributed by atoms with van der Waals surface area (Å²) in [6.45, 7) is 0.834. The van der Waals surface area contributed by atoms with Crippen molar-refractivity contribution in [1.29, 1.82) is 0 Å². The maximum atomic E-state index is 14.0. The number of allylic oxidation sites excluding steroid dienone is 1. The minimum atomic E-state index is -4.44. The van der Waals surface area contributed by atoms with Crippen LogP contribution in [-0.2, 0) is 17.8 Å². The van der Waals surface area contributed by atoms with Crippen LogP contribution in [0.3, 0.4) is 0 Å². The van der Waals surface area contributed by atoms with E-state index in [1.54, 1.807) is 42.5 Å². The Morgan fingerprint density at radius 3 is 2.05 bits per heavy atom. The predicted octanol–water partition coefficient (Wildman–Crippen LogP) is 5.37. The molecule has 0 saturated heterocycles. The zero-order valence-corrected chi connectivity index (χ0v) is 21.7. The molecular weight excluding hydrogens is 503 g/mol. The lowest BCUT2D eigenvalue weighted by Gasteiger charge is -2.29. The van der Waals surface area contributed by atoms with E-state index in [1.165, 1.54) is 0 Å². The Balaban J connectivity index is 1.54. The molecule has 0 aliphatic heterocycles. The van der Waals surface area contributed by atoms with E-state index in [0.29, 0.717) is 24.1 Å². The summed E-state index contributed by atoms with van der Waals surface area (Å²) in [5.74, 6) is -1.08. The van der Waals surface area contributed by atoms with Crippen molar-refractivity contribution in [2.24, 2.45) is 11.1 Å². The monoisotopic (exact) mass is 535 g/mol. The lowest BCUT2D eigenvalue weighted by molar-refractivity contribution is -0.168. The molecule has 1 fully saturated rings. The summed E-state index contributed by atoms with van der Waals surface area (Å²) < 4.78 is 42.1. The molecule has 3 aromatic carbocycles. The first-order valence-electron chi connectivity index (χ1n) is 12.8. The van der Waals surface area contributed by atoms with Crippen molar-refractivity contribution in [3.8, 4) is 0 Å². The summed E-state index contributed by atoms with van der Waals surface area (Å²) in [4.78, 5) is 26.6. The van der Waals surface area contributed by atoms with E-state index in [1.807, 2.05) is 49.5 Å². The number of nitrogens with zero attached hydrogens (tertiary/aromatic N) is 1. The molecule has 1 saturated carbocycles. The zero-order chi connectivity index (χ0) is 28.0. The van der Waals surface area contributed by atoms with Gasteiger partial charge in [-0.2, -0.15) is 13.2 Å². The van der Waals surface area contributed by atoms with Crippen LogP contribution >= 0.6 is 0 Å². The van der Waals surface area contributed by atoms with Crippen LogP contribution in [0.15, 0.2) is 91.0 Å². The van der Waals surface area contributed by atoms with Crippen LogP contribution in [0.25, 0.3) is 5.57 Å². The first-order valence-corrected chi connectivity index (χ1v) is 12.8. The van der Waals surface area contributed by atoms with Crippen LogP contribution in [0.4, 0.5) is 13.2 Å². The van der Waals surface area contributed by atoms with Gasteiger partial charge in [-0.3, -0.25) is 14.5 Å². The summed E-state index contributed by atoms with van der Waals surface area (Å²) in [5.41, 5.74) is 6.20. The van der Waals surface area contributed by atoms with Gasteiger partial charge in [-0.1, -0.05) is 72.8 Å². The largest absolute Gasteiger partial charge is 0.398 e. The standard InChI is InChI=1S/C31H32F3N3O2/c1-37(21-23-8-4-2-5-9-23)26(18-22-12-14-25(15-13-22)29(35)39)20-36-28(38)19-27(24-10-6-3-7-11-24)30(16-17-30)31(32,33)34/h2-15,19,26H,16-18,20-21H2,1H3,(H2,35,39)(H,36,38)/b27-19-/t26-/m0/s1.